The third-order valence-corrected chi connectivity index (χ3v) is 3.63. The van der Waals surface area contributed by atoms with E-state index in [4.69, 9.17) is 22.1 Å². The molecule has 0 spiro atoms. The number of halogens is 1. The Labute approximate surface area is 121 Å². The van der Waals surface area contributed by atoms with Gasteiger partial charge in [0.25, 0.3) is 0 Å². The van der Waals surface area contributed by atoms with E-state index in [2.05, 4.69) is 9.69 Å². The predicted octanol–water partition coefficient (Wildman–Crippen LogP) is 3.43. The Bertz CT molecular complexity index is 527. The van der Waals surface area contributed by atoms with Crippen molar-refractivity contribution >= 4 is 34.0 Å². The highest BCUT2D eigenvalue weighted by molar-refractivity contribution is 7.11. The van der Waals surface area contributed by atoms with Gasteiger partial charge in [-0.25, -0.2) is 0 Å². The summed E-state index contributed by atoms with van der Waals surface area (Å²) in [5, 5.41) is 4.94. The summed E-state index contributed by atoms with van der Waals surface area (Å²) in [6.45, 7) is 3.30. The van der Waals surface area contributed by atoms with Crippen molar-refractivity contribution < 1.29 is 4.74 Å². The number of hydrogen-bond acceptors (Lipinski definition) is 5. The zero-order valence-corrected chi connectivity index (χ0v) is 12.2. The monoisotopic (exact) mass is 297 g/mol. The Balaban J connectivity index is 1.90. The molecule has 3 N–H and O–H groups in total. The van der Waals surface area contributed by atoms with Gasteiger partial charge in [-0.2, -0.15) is 4.37 Å². The Kier molecular flexibility index (Phi) is 4.87. The minimum absolute atomic E-state index is 0.445. The van der Waals surface area contributed by atoms with Gasteiger partial charge in [0.1, 0.15) is 0 Å². The van der Waals surface area contributed by atoms with Gasteiger partial charge in [0.05, 0.1) is 6.61 Å². The summed E-state index contributed by atoms with van der Waals surface area (Å²) >= 11 is 7.17. The fourth-order valence-corrected chi connectivity index (χ4v) is 2.47. The molecule has 0 bridgehead atoms. The van der Waals surface area contributed by atoms with E-state index in [1.54, 1.807) is 0 Å². The number of ether oxygens (including phenoxy) is 1. The summed E-state index contributed by atoms with van der Waals surface area (Å²) in [6.07, 6.45) is 0.903. The van der Waals surface area contributed by atoms with Crippen LogP contribution in [0.5, 0.6) is 5.75 Å². The summed E-state index contributed by atoms with van der Waals surface area (Å²) < 4.78 is 9.56. The first-order chi connectivity index (χ1) is 9.20. The first kappa shape index (κ1) is 14.0. The number of nitrogens with two attached hydrogens (primary N) is 1. The van der Waals surface area contributed by atoms with Crippen LogP contribution in [0.1, 0.15) is 12.5 Å². The van der Waals surface area contributed by atoms with E-state index < -0.39 is 0 Å². The summed E-state index contributed by atoms with van der Waals surface area (Å²) in [5.74, 6) is 1.10. The van der Waals surface area contributed by atoms with E-state index in [0.29, 0.717) is 18.2 Å². The van der Waals surface area contributed by atoms with Crippen LogP contribution in [0.2, 0.25) is 5.02 Å². The minimum Gasteiger partial charge on any atom is -0.487 e. The average molecular weight is 298 g/mol. The maximum Gasteiger partial charge on any atom is 0.197 e. The van der Waals surface area contributed by atoms with Crippen molar-refractivity contribution in [1.82, 2.24) is 4.37 Å². The second-order valence-corrected chi connectivity index (χ2v) is 5.17. The molecule has 2 rings (SSSR count). The van der Waals surface area contributed by atoms with Crippen molar-refractivity contribution in [1.29, 1.82) is 0 Å². The molecule has 102 valence electrons. The molecule has 2 aromatic rings. The van der Waals surface area contributed by atoms with Crippen molar-refractivity contribution in [2.75, 3.05) is 24.2 Å². The van der Waals surface area contributed by atoms with Gasteiger partial charge in [-0.1, -0.05) is 23.7 Å². The van der Waals surface area contributed by atoms with E-state index in [0.717, 1.165) is 23.0 Å². The molecule has 0 amide bonds. The molecule has 4 nitrogen and oxygen atoms in total. The zero-order chi connectivity index (χ0) is 13.7. The van der Waals surface area contributed by atoms with Crippen LogP contribution in [-0.2, 0) is 6.42 Å². The first-order valence-electron chi connectivity index (χ1n) is 6.07. The molecule has 0 unspecified atom stereocenters. The van der Waals surface area contributed by atoms with Crippen LogP contribution in [0.3, 0.4) is 0 Å². The van der Waals surface area contributed by atoms with E-state index in [-0.39, 0.29) is 0 Å². The summed E-state index contributed by atoms with van der Waals surface area (Å²) in [7, 11) is 0. The summed E-state index contributed by atoms with van der Waals surface area (Å²) in [5.41, 5.74) is 6.98. The molecule has 0 radical (unpaired) electrons. The smallest absolute Gasteiger partial charge is 0.197 e. The van der Waals surface area contributed by atoms with Crippen LogP contribution in [0.4, 0.5) is 10.8 Å². The molecule has 0 atom stereocenters. The number of nitrogens with one attached hydrogen (secondary N) is 1. The van der Waals surface area contributed by atoms with Crippen LogP contribution in [0.15, 0.2) is 24.3 Å². The van der Waals surface area contributed by atoms with Gasteiger partial charge in [-0.15, -0.1) is 0 Å². The lowest BCUT2D eigenvalue weighted by Gasteiger charge is -2.07. The number of anilines is 2. The molecule has 19 heavy (non-hydrogen) atoms. The van der Waals surface area contributed by atoms with E-state index in [1.807, 2.05) is 31.2 Å². The minimum atomic E-state index is 0.445. The highest BCUT2D eigenvalue weighted by atomic mass is 35.5. The second kappa shape index (κ2) is 6.63. The molecule has 1 aromatic heterocycles. The molecule has 0 aliphatic rings. The Morgan fingerprint density at radius 2 is 2.11 bits per heavy atom. The number of benzene rings is 1. The topological polar surface area (TPSA) is 60.2 Å². The number of hydrogen-bond donors (Lipinski definition) is 2. The third kappa shape index (κ3) is 3.75. The van der Waals surface area contributed by atoms with Gasteiger partial charge in [-0.05, 0) is 42.6 Å². The second-order valence-electron chi connectivity index (χ2n) is 3.96. The standard InChI is InChI=1S/C13H16ClN3OS/c1-2-18-11-12(15)17-19-13(11)16-8-7-9-3-5-10(14)6-4-9/h3-6,16H,2,7-8H2,1H3,(H2,15,17). The van der Waals surface area contributed by atoms with Gasteiger partial charge in [0.15, 0.2) is 16.6 Å². The lowest BCUT2D eigenvalue weighted by molar-refractivity contribution is 0.344. The first-order valence-corrected chi connectivity index (χ1v) is 7.22. The van der Waals surface area contributed by atoms with Crippen molar-refractivity contribution in [3.05, 3.63) is 34.9 Å². The van der Waals surface area contributed by atoms with Crippen molar-refractivity contribution in [2.24, 2.45) is 0 Å². The van der Waals surface area contributed by atoms with E-state index in [9.17, 15) is 0 Å². The predicted molar refractivity (Wildman–Crippen MR) is 81.3 cm³/mol. The quantitative estimate of drug-likeness (QED) is 0.857. The molecule has 0 saturated carbocycles. The molecule has 1 heterocycles. The fraction of sp³-hybridized carbons (Fsp3) is 0.308. The van der Waals surface area contributed by atoms with Gasteiger partial charge in [-0.3, -0.25) is 0 Å². The van der Waals surface area contributed by atoms with Gasteiger partial charge in [0.2, 0.25) is 0 Å². The third-order valence-electron chi connectivity index (χ3n) is 2.58. The maximum absolute atomic E-state index is 5.85. The average Bonchev–Trinajstić information content (AvgIpc) is 2.74. The van der Waals surface area contributed by atoms with Crippen LogP contribution >= 0.6 is 23.1 Å². The highest BCUT2D eigenvalue weighted by Crippen LogP contribution is 2.34. The van der Waals surface area contributed by atoms with Gasteiger partial charge < -0.3 is 15.8 Å². The SMILES string of the molecule is CCOc1c(N)nsc1NCCc1ccc(Cl)cc1. The Morgan fingerprint density at radius 1 is 1.37 bits per heavy atom. The van der Waals surface area contributed by atoms with Crippen LogP contribution < -0.4 is 15.8 Å². The van der Waals surface area contributed by atoms with E-state index >= 15 is 0 Å². The Morgan fingerprint density at radius 3 is 2.79 bits per heavy atom. The van der Waals surface area contributed by atoms with Crippen molar-refractivity contribution in [3.8, 4) is 5.75 Å². The summed E-state index contributed by atoms with van der Waals surface area (Å²) in [6, 6.07) is 7.84. The lowest BCUT2D eigenvalue weighted by Crippen LogP contribution is -2.05. The zero-order valence-electron chi connectivity index (χ0n) is 10.6. The van der Waals surface area contributed by atoms with Crippen LogP contribution in [0, 0.1) is 0 Å². The van der Waals surface area contributed by atoms with Crippen molar-refractivity contribution in [2.45, 2.75) is 13.3 Å². The molecular weight excluding hydrogens is 282 g/mol. The largest absolute Gasteiger partial charge is 0.487 e. The molecule has 0 fully saturated rings. The van der Waals surface area contributed by atoms with E-state index in [1.165, 1.54) is 17.1 Å². The normalized spacial score (nSPS) is 10.4. The van der Waals surface area contributed by atoms with Crippen LogP contribution in [0.25, 0.3) is 0 Å². The number of rotatable bonds is 6. The molecule has 1 aromatic carbocycles. The lowest BCUT2D eigenvalue weighted by atomic mass is 10.1. The molecular formula is C13H16ClN3OS. The Hall–Kier alpha value is -1.46. The van der Waals surface area contributed by atoms with Gasteiger partial charge >= 0.3 is 0 Å². The van der Waals surface area contributed by atoms with Crippen LogP contribution in [-0.4, -0.2) is 17.5 Å². The number of nitrogen functional groups attached to an aromatic ring is 1. The summed E-state index contributed by atoms with van der Waals surface area (Å²) in [4.78, 5) is 0. The molecule has 0 aliphatic carbocycles. The fourth-order valence-electron chi connectivity index (χ4n) is 1.66. The molecule has 0 saturated heterocycles. The molecule has 6 heteroatoms. The highest BCUT2D eigenvalue weighted by Gasteiger charge is 2.11. The van der Waals surface area contributed by atoms with Crippen molar-refractivity contribution in [3.63, 3.8) is 0 Å². The molecule has 0 aliphatic heterocycles. The number of aromatic nitrogens is 1. The van der Waals surface area contributed by atoms with Gasteiger partial charge in [0, 0.05) is 11.6 Å². The maximum atomic E-state index is 5.85. The number of nitrogens with zero attached hydrogens (tertiary/aromatic N) is 1.